The Hall–Kier alpha value is -3.36. The van der Waals surface area contributed by atoms with Crippen molar-refractivity contribution < 1.29 is 18.0 Å². The molecule has 40 heavy (non-hydrogen) atoms. The Balaban J connectivity index is 2.10. The van der Waals surface area contributed by atoms with Crippen LogP contribution in [0.15, 0.2) is 72.8 Å². The van der Waals surface area contributed by atoms with E-state index in [2.05, 4.69) is 5.32 Å². The van der Waals surface area contributed by atoms with E-state index in [1.54, 1.807) is 19.1 Å². The van der Waals surface area contributed by atoms with Crippen LogP contribution in [-0.4, -0.2) is 50.0 Å². The number of sulfonamides is 1. The third-order valence-corrected chi connectivity index (χ3v) is 8.35. The minimum atomic E-state index is -3.87. The van der Waals surface area contributed by atoms with Gasteiger partial charge in [-0.2, -0.15) is 0 Å². The lowest BCUT2D eigenvalue weighted by Gasteiger charge is -2.34. The summed E-state index contributed by atoms with van der Waals surface area (Å²) < 4.78 is 27.0. The summed E-state index contributed by atoms with van der Waals surface area (Å²) in [5.74, 6) is -0.779. The molecule has 0 aliphatic rings. The number of halogens is 1. The van der Waals surface area contributed by atoms with Gasteiger partial charge in [0.05, 0.1) is 11.9 Å². The molecule has 0 bridgehead atoms. The van der Waals surface area contributed by atoms with Crippen LogP contribution < -0.4 is 9.62 Å². The Morgan fingerprint density at radius 1 is 0.950 bits per heavy atom. The molecular weight excluding hydrogens is 546 g/mol. The minimum absolute atomic E-state index is 0.0946. The van der Waals surface area contributed by atoms with Crippen LogP contribution in [0.3, 0.4) is 0 Å². The van der Waals surface area contributed by atoms with Gasteiger partial charge in [0.1, 0.15) is 12.6 Å². The van der Waals surface area contributed by atoms with Crippen molar-refractivity contribution in [1.29, 1.82) is 0 Å². The topological polar surface area (TPSA) is 86.8 Å². The van der Waals surface area contributed by atoms with Crippen LogP contribution in [0, 0.1) is 13.8 Å². The van der Waals surface area contributed by atoms with Crippen molar-refractivity contribution in [3.8, 4) is 0 Å². The lowest BCUT2D eigenvalue weighted by atomic mass is 10.0. The van der Waals surface area contributed by atoms with Gasteiger partial charge in [0.25, 0.3) is 0 Å². The molecule has 0 aromatic heterocycles. The fourth-order valence-electron chi connectivity index (χ4n) is 4.41. The number of anilines is 1. The van der Waals surface area contributed by atoms with Crippen LogP contribution in [0.25, 0.3) is 0 Å². The van der Waals surface area contributed by atoms with Gasteiger partial charge in [-0.15, -0.1) is 0 Å². The maximum absolute atomic E-state index is 14.2. The second-order valence-electron chi connectivity index (χ2n) is 10.2. The fourth-order valence-corrected chi connectivity index (χ4v) is 5.48. The Morgan fingerprint density at radius 3 is 2.23 bits per heavy atom. The number of amides is 2. The highest BCUT2D eigenvalue weighted by Gasteiger charge is 2.34. The number of carbonyl (C=O) groups is 2. The number of nitrogens with one attached hydrogen (secondary N) is 1. The monoisotopic (exact) mass is 583 g/mol. The van der Waals surface area contributed by atoms with Crippen molar-refractivity contribution in [1.82, 2.24) is 10.2 Å². The van der Waals surface area contributed by atoms with E-state index in [1.807, 2.05) is 75.4 Å². The first-order valence-electron chi connectivity index (χ1n) is 13.3. The zero-order chi connectivity index (χ0) is 29.4. The average molecular weight is 584 g/mol. The van der Waals surface area contributed by atoms with Crippen LogP contribution in [0.2, 0.25) is 5.02 Å². The number of carbonyl (C=O) groups excluding carboxylic acids is 2. The van der Waals surface area contributed by atoms with Crippen LogP contribution >= 0.6 is 11.6 Å². The molecule has 2 unspecified atom stereocenters. The van der Waals surface area contributed by atoms with E-state index in [9.17, 15) is 18.0 Å². The van der Waals surface area contributed by atoms with Crippen molar-refractivity contribution in [2.24, 2.45) is 0 Å². The lowest BCUT2D eigenvalue weighted by molar-refractivity contribution is -0.140. The van der Waals surface area contributed by atoms with Crippen LogP contribution in [0.4, 0.5) is 5.69 Å². The molecule has 0 spiro atoms. The van der Waals surface area contributed by atoms with Crippen molar-refractivity contribution in [2.75, 3.05) is 17.1 Å². The molecule has 3 rings (SSSR count). The van der Waals surface area contributed by atoms with Crippen molar-refractivity contribution in [2.45, 2.75) is 59.2 Å². The third kappa shape index (κ3) is 8.32. The molecular formula is C31H38ClN3O4S. The summed E-state index contributed by atoms with van der Waals surface area (Å²) in [6.07, 6.45) is 2.06. The second-order valence-corrected chi connectivity index (χ2v) is 12.5. The van der Waals surface area contributed by atoms with E-state index >= 15 is 0 Å². The minimum Gasteiger partial charge on any atom is -0.352 e. The average Bonchev–Trinajstić information content (AvgIpc) is 2.91. The predicted molar refractivity (Wildman–Crippen MR) is 162 cm³/mol. The Bertz CT molecular complexity index is 1430. The number of benzene rings is 3. The normalized spacial score (nSPS) is 12.8. The van der Waals surface area contributed by atoms with Crippen LogP contribution in [-0.2, 0) is 32.6 Å². The van der Waals surface area contributed by atoms with E-state index in [1.165, 1.54) is 11.0 Å². The van der Waals surface area contributed by atoms with Gasteiger partial charge < -0.3 is 10.2 Å². The summed E-state index contributed by atoms with van der Waals surface area (Å²) in [6.45, 7) is 7.26. The largest absolute Gasteiger partial charge is 0.352 e. The summed E-state index contributed by atoms with van der Waals surface area (Å²) in [6, 6.07) is 21.1. The van der Waals surface area contributed by atoms with Gasteiger partial charge in [-0.05, 0) is 61.6 Å². The molecule has 3 aromatic carbocycles. The van der Waals surface area contributed by atoms with E-state index in [4.69, 9.17) is 11.6 Å². The number of hydrogen-bond acceptors (Lipinski definition) is 4. The van der Waals surface area contributed by atoms with Gasteiger partial charge >= 0.3 is 0 Å². The van der Waals surface area contributed by atoms with Crippen molar-refractivity contribution in [3.05, 3.63) is 100 Å². The van der Waals surface area contributed by atoms with Crippen LogP contribution in [0.5, 0.6) is 0 Å². The van der Waals surface area contributed by atoms with E-state index in [-0.39, 0.29) is 24.9 Å². The first-order chi connectivity index (χ1) is 18.9. The number of hydrogen-bond donors (Lipinski definition) is 1. The SMILES string of the molecule is CCC(C)NC(=O)C(Cc1ccccc1)N(Cc1ccccc1C)C(=O)CN(c1cc(Cl)ccc1C)S(C)(=O)=O. The zero-order valence-electron chi connectivity index (χ0n) is 23.7. The molecule has 3 aromatic rings. The van der Waals surface area contributed by atoms with Gasteiger partial charge in [-0.1, -0.05) is 79.2 Å². The number of nitrogens with zero attached hydrogens (tertiary/aromatic N) is 2. The van der Waals surface area contributed by atoms with Crippen molar-refractivity contribution in [3.63, 3.8) is 0 Å². The van der Waals surface area contributed by atoms with Gasteiger partial charge in [0.2, 0.25) is 21.8 Å². The molecule has 9 heteroatoms. The molecule has 0 fully saturated rings. The van der Waals surface area contributed by atoms with Crippen molar-refractivity contribution >= 4 is 39.1 Å². The fraction of sp³-hybridized carbons (Fsp3) is 0.355. The predicted octanol–water partition coefficient (Wildman–Crippen LogP) is 5.28. The Morgan fingerprint density at radius 2 is 1.60 bits per heavy atom. The summed E-state index contributed by atoms with van der Waals surface area (Å²) in [5, 5.41) is 3.39. The number of rotatable bonds is 12. The van der Waals surface area contributed by atoms with Crippen LogP contribution in [0.1, 0.15) is 42.5 Å². The van der Waals surface area contributed by atoms with Gasteiger partial charge in [-0.3, -0.25) is 13.9 Å². The maximum atomic E-state index is 14.2. The van der Waals surface area contributed by atoms with Gasteiger partial charge in [0.15, 0.2) is 0 Å². The summed E-state index contributed by atoms with van der Waals surface area (Å²) >= 11 is 6.21. The van der Waals surface area contributed by atoms with E-state index in [0.717, 1.165) is 33.7 Å². The molecule has 7 nitrogen and oxygen atoms in total. The summed E-state index contributed by atoms with van der Waals surface area (Å²) in [4.78, 5) is 29.4. The molecule has 2 amide bonds. The maximum Gasteiger partial charge on any atom is 0.244 e. The van der Waals surface area contributed by atoms with E-state index in [0.29, 0.717) is 16.3 Å². The van der Waals surface area contributed by atoms with E-state index < -0.39 is 28.5 Å². The highest BCUT2D eigenvalue weighted by molar-refractivity contribution is 7.92. The first kappa shape index (κ1) is 31.2. The van der Waals surface area contributed by atoms with Gasteiger partial charge in [0, 0.05) is 24.0 Å². The molecule has 0 aliphatic carbocycles. The zero-order valence-corrected chi connectivity index (χ0v) is 25.3. The molecule has 1 N–H and O–H groups in total. The molecule has 0 saturated heterocycles. The third-order valence-electron chi connectivity index (χ3n) is 6.99. The summed E-state index contributed by atoms with van der Waals surface area (Å²) in [7, 11) is -3.87. The first-order valence-corrected chi connectivity index (χ1v) is 15.6. The standard InChI is InChI=1S/C31H38ClN3O4S/c1-6-24(4)33-31(37)29(18-25-13-8-7-9-14-25)34(20-26-15-11-10-12-22(26)2)30(36)21-35(40(5,38)39)28-19-27(32)17-16-23(28)3/h7-17,19,24,29H,6,18,20-21H2,1-5H3,(H,33,37). The molecule has 0 heterocycles. The quantitative estimate of drug-likeness (QED) is 0.314. The Labute approximate surface area is 243 Å². The molecule has 214 valence electrons. The van der Waals surface area contributed by atoms with Gasteiger partial charge in [-0.25, -0.2) is 8.42 Å². The lowest BCUT2D eigenvalue weighted by Crippen LogP contribution is -2.54. The molecule has 0 saturated carbocycles. The molecule has 0 aliphatic heterocycles. The highest BCUT2D eigenvalue weighted by atomic mass is 35.5. The smallest absolute Gasteiger partial charge is 0.244 e. The Kier molecular flexibility index (Phi) is 10.8. The number of aryl methyl sites for hydroxylation is 2. The molecule has 0 radical (unpaired) electrons. The second kappa shape index (κ2) is 13.8. The molecule has 2 atom stereocenters. The highest BCUT2D eigenvalue weighted by Crippen LogP contribution is 2.27. The summed E-state index contributed by atoms with van der Waals surface area (Å²) in [5.41, 5.74) is 3.70.